The van der Waals surface area contributed by atoms with Gasteiger partial charge in [0, 0.05) is 6.04 Å². The summed E-state index contributed by atoms with van der Waals surface area (Å²) in [6.07, 6.45) is 4.12. The van der Waals surface area contributed by atoms with Crippen molar-refractivity contribution in [3.63, 3.8) is 0 Å². The average Bonchev–Trinajstić information content (AvgIpc) is 1.95. The van der Waals surface area contributed by atoms with E-state index in [9.17, 15) is 5.11 Å². The molecule has 0 aromatic heterocycles. The Kier molecular flexibility index (Phi) is 2.69. The van der Waals surface area contributed by atoms with E-state index in [0.29, 0.717) is 5.92 Å². The summed E-state index contributed by atoms with van der Waals surface area (Å²) in [6.45, 7) is 2.14. The largest absolute Gasteiger partial charge is 0.392 e. The summed E-state index contributed by atoms with van der Waals surface area (Å²) in [5.74, 6) is 0.559. The van der Waals surface area contributed by atoms with Gasteiger partial charge in [-0.2, -0.15) is 0 Å². The zero-order valence-corrected chi connectivity index (χ0v) is 6.59. The van der Waals surface area contributed by atoms with Gasteiger partial charge < -0.3 is 10.8 Å². The van der Waals surface area contributed by atoms with Crippen molar-refractivity contribution in [3.05, 3.63) is 0 Å². The Morgan fingerprint density at radius 3 is 2.70 bits per heavy atom. The quantitative estimate of drug-likeness (QED) is 0.572. The van der Waals surface area contributed by atoms with E-state index in [-0.39, 0.29) is 12.1 Å². The topological polar surface area (TPSA) is 46.2 Å². The molecule has 0 heterocycles. The normalized spacial score (nSPS) is 41.7. The Morgan fingerprint density at radius 1 is 1.50 bits per heavy atom. The molecule has 2 nitrogen and oxygen atoms in total. The van der Waals surface area contributed by atoms with Crippen molar-refractivity contribution in [2.24, 2.45) is 11.7 Å². The summed E-state index contributed by atoms with van der Waals surface area (Å²) >= 11 is 0. The van der Waals surface area contributed by atoms with Crippen LogP contribution in [0.2, 0.25) is 0 Å². The second-order valence-electron chi connectivity index (χ2n) is 3.24. The van der Waals surface area contributed by atoms with Crippen LogP contribution in [0.15, 0.2) is 0 Å². The molecule has 0 unspecified atom stereocenters. The first kappa shape index (κ1) is 8.02. The Balaban J connectivity index is 2.42. The van der Waals surface area contributed by atoms with Gasteiger partial charge in [0.2, 0.25) is 0 Å². The minimum Gasteiger partial charge on any atom is -0.392 e. The van der Waals surface area contributed by atoms with Gasteiger partial charge in [-0.1, -0.05) is 19.8 Å². The van der Waals surface area contributed by atoms with Crippen LogP contribution in [-0.2, 0) is 0 Å². The van der Waals surface area contributed by atoms with Crippen molar-refractivity contribution < 1.29 is 5.11 Å². The van der Waals surface area contributed by atoms with Gasteiger partial charge in [-0.05, 0) is 18.8 Å². The number of aliphatic hydroxyl groups is 1. The molecule has 60 valence electrons. The van der Waals surface area contributed by atoms with Crippen LogP contribution in [0.4, 0.5) is 0 Å². The molecule has 2 heteroatoms. The molecule has 1 aliphatic carbocycles. The van der Waals surface area contributed by atoms with Crippen molar-refractivity contribution in [2.75, 3.05) is 0 Å². The van der Waals surface area contributed by atoms with E-state index in [1.807, 2.05) is 0 Å². The predicted molar refractivity (Wildman–Crippen MR) is 41.6 cm³/mol. The van der Waals surface area contributed by atoms with Gasteiger partial charge in [0.25, 0.3) is 0 Å². The van der Waals surface area contributed by atoms with Crippen LogP contribution in [-0.4, -0.2) is 17.3 Å². The molecule has 0 amide bonds. The number of nitrogens with two attached hydrogens (primary N) is 1. The van der Waals surface area contributed by atoms with E-state index in [0.717, 1.165) is 19.3 Å². The Bertz CT molecular complexity index is 105. The summed E-state index contributed by atoms with van der Waals surface area (Å²) in [5.41, 5.74) is 5.78. The molecular weight excluding hydrogens is 126 g/mol. The molecule has 10 heavy (non-hydrogen) atoms. The first-order valence-electron chi connectivity index (χ1n) is 4.19. The van der Waals surface area contributed by atoms with Crippen molar-refractivity contribution in [2.45, 2.75) is 44.8 Å². The maximum Gasteiger partial charge on any atom is 0.0693 e. The Morgan fingerprint density at radius 2 is 2.20 bits per heavy atom. The molecule has 1 rings (SSSR count). The van der Waals surface area contributed by atoms with Crippen LogP contribution in [0.3, 0.4) is 0 Å². The zero-order chi connectivity index (χ0) is 7.56. The smallest absolute Gasteiger partial charge is 0.0693 e. The second-order valence-corrected chi connectivity index (χ2v) is 3.24. The van der Waals surface area contributed by atoms with Gasteiger partial charge in [0.15, 0.2) is 0 Å². The maximum atomic E-state index is 9.35. The van der Waals surface area contributed by atoms with Gasteiger partial charge in [-0.3, -0.25) is 0 Å². The highest BCUT2D eigenvalue weighted by atomic mass is 16.3. The van der Waals surface area contributed by atoms with E-state index < -0.39 is 0 Å². The van der Waals surface area contributed by atoms with Gasteiger partial charge in [0.05, 0.1) is 6.10 Å². The lowest BCUT2D eigenvalue weighted by atomic mass is 9.82. The monoisotopic (exact) mass is 143 g/mol. The lowest BCUT2D eigenvalue weighted by Crippen LogP contribution is -2.44. The van der Waals surface area contributed by atoms with E-state index in [4.69, 9.17) is 5.73 Å². The molecule has 1 fully saturated rings. The van der Waals surface area contributed by atoms with Crippen molar-refractivity contribution in [3.8, 4) is 0 Å². The van der Waals surface area contributed by atoms with Crippen LogP contribution in [0, 0.1) is 5.92 Å². The third-order valence-electron chi connectivity index (χ3n) is 2.59. The van der Waals surface area contributed by atoms with Crippen LogP contribution < -0.4 is 5.73 Å². The fourth-order valence-electron chi connectivity index (χ4n) is 1.76. The highest BCUT2D eigenvalue weighted by Crippen LogP contribution is 2.25. The number of hydrogen-bond acceptors (Lipinski definition) is 2. The van der Waals surface area contributed by atoms with Crippen LogP contribution in [0.5, 0.6) is 0 Å². The lowest BCUT2D eigenvalue weighted by molar-refractivity contribution is 0.0749. The summed E-state index contributed by atoms with van der Waals surface area (Å²) in [7, 11) is 0. The maximum absolute atomic E-state index is 9.35. The van der Waals surface area contributed by atoms with Crippen LogP contribution in [0.1, 0.15) is 32.6 Å². The molecule has 1 saturated carbocycles. The van der Waals surface area contributed by atoms with Gasteiger partial charge >= 0.3 is 0 Å². The minimum atomic E-state index is -0.237. The second kappa shape index (κ2) is 3.35. The van der Waals surface area contributed by atoms with Gasteiger partial charge in [-0.25, -0.2) is 0 Å². The molecule has 0 bridgehead atoms. The fraction of sp³-hybridized carbons (Fsp3) is 1.00. The van der Waals surface area contributed by atoms with Crippen LogP contribution in [0.25, 0.3) is 0 Å². The molecule has 0 aromatic carbocycles. The minimum absolute atomic E-state index is 0.0405. The Labute approximate surface area is 62.4 Å². The average molecular weight is 143 g/mol. The molecule has 0 radical (unpaired) electrons. The van der Waals surface area contributed by atoms with E-state index in [1.165, 1.54) is 6.42 Å². The summed E-state index contributed by atoms with van der Waals surface area (Å²) in [5, 5.41) is 9.35. The zero-order valence-electron chi connectivity index (χ0n) is 6.59. The van der Waals surface area contributed by atoms with E-state index >= 15 is 0 Å². The van der Waals surface area contributed by atoms with E-state index in [1.54, 1.807) is 0 Å². The molecular formula is C8H17NO. The van der Waals surface area contributed by atoms with Crippen molar-refractivity contribution >= 4 is 0 Å². The van der Waals surface area contributed by atoms with E-state index in [2.05, 4.69) is 6.92 Å². The van der Waals surface area contributed by atoms with Crippen molar-refractivity contribution in [1.82, 2.24) is 0 Å². The van der Waals surface area contributed by atoms with Gasteiger partial charge in [0.1, 0.15) is 0 Å². The Hall–Kier alpha value is -0.0800. The first-order chi connectivity index (χ1) is 4.75. The first-order valence-corrected chi connectivity index (χ1v) is 4.19. The lowest BCUT2D eigenvalue weighted by Gasteiger charge is -2.31. The number of aliphatic hydroxyl groups excluding tert-OH is 1. The van der Waals surface area contributed by atoms with Gasteiger partial charge in [-0.15, -0.1) is 0 Å². The number of rotatable bonds is 1. The third kappa shape index (κ3) is 1.50. The molecule has 1 aliphatic rings. The summed E-state index contributed by atoms with van der Waals surface area (Å²) in [4.78, 5) is 0. The third-order valence-corrected chi connectivity index (χ3v) is 2.59. The van der Waals surface area contributed by atoms with Crippen LogP contribution >= 0.6 is 0 Å². The standard InChI is InChI=1S/C8H17NO/c1-2-6-4-3-5-7(10)8(6)9/h6-8,10H,2-5,9H2,1H3/t6-,7+,8-/m1/s1. The fourth-order valence-corrected chi connectivity index (χ4v) is 1.76. The predicted octanol–water partition coefficient (Wildman–Crippen LogP) is 0.885. The summed E-state index contributed by atoms with van der Waals surface area (Å²) < 4.78 is 0. The molecule has 3 N–H and O–H groups in total. The molecule has 3 atom stereocenters. The highest BCUT2D eigenvalue weighted by Gasteiger charge is 2.27. The molecule has 0 aliphatic heterocycles. The number of hydrogen-bond donors (Lipinski definition) is 2. The summed E-state index contributed by atoms with van der Waals surface area (Å²) in [6, 6.07) is 0.0405. The van der Waals surface area contributed by atoms with Crippen molar-refractivity contribution in [1.29, 1.82) is 0 Å². The molecule has 0 aromatic rings. The molecule has 0 saturated heterocycles. The SMILES string of the molecule is CC[C@@H]1CCC[C@H](O)[C@@H]1N. The highest BCUT2D eigenvalue weighted by molar-refractivity contribution is 4.83. The molecule has 0 spiro atoms.